The van der Waals surface area contributed by atoms with Crippen LogP contribution in [0.15, 0.2) is 23.1 Å². The van der Waals surface area contributed by atoms with Crippen LogP contribution in [-0.4, -0.2) is 62.2 Å². The Hall–Kier alpha value is -1.64. The number of benzene rings is 1. The molecule has 28 heavy (non-hydrogen) atoms. The molecule has 1 fully saturated rings. The molecule has 0 aliphatic carbocycles. The molecule has 1 atom stereocenters. The van der Waals surface area contributed by atoms with E-state index in [9.17, 15) is 18.0 Å². The van der Waals surface area contributed by atoms with Crippen LogP contribution < -0.4 is 5.32 Å². The van der Waals surface area contributed by atoms with Gasteiger partial charge in [-0.05, 0) is 50.8 Å². The number of nitrogens with one attached hydrogen (secondary N) is 1. The number of likely N-dealkylation sites (N-methyl/N-ethyl adjacent to an activating group) is 1. The first-order valence-electron chi connectivity index (χ1n) is 9.56. The SMILES string of the molecule is CCN(CC)C(=O)CNC(=O)c1ccc(Cl)c(S(=O)(=O)N2CCCC(C)C2)c1. The number of carbonyl (C=O) groups excluding carboxylic acids is 2. The van der Waals surface area contributed by atoms with E-state index in [0.717, 1.165) is 12.8 Å². The maximum atomic E-state index is 13.0. The van der Waals surface area contributed by atoms with Crippen LogP contribution in [0, 0.1) is 5.92 Å². The van der Waals surface area contributed by atoms with E-state index < -0.39 is 15.9 Å². The first-order valence-corrected chi connectivity index (χ1v) is 11.4. The van der Waals surface area contributed by atoms with Crippen molar-refractivity contribution < 1.29 is 18.0 Å². The highest BCUT2D eigenvalue weighted by molar-refractivity contribution is 7.89. The Morgan fingerprint density at radius 2 is 1.96 bits per heavy atom. The van der Waals surface area contributed by atoms with Crippen molar-refractivity contribution in [2.24, 2.45) is 5.92 Å². The molecule has 1 saturated heterocycles. The van der Waals surface area contributed by atoms with E-state index in [2.05, 4.69) is 5.32 Å². The molecule has 0 bridgehead atoms. The predicted molar refractivity (Wildman–Crippen MR) is 109 cm³/mol. The Kier molecular flexibility index (Phi) is 7.86. The highest BCUT2D eigenvalue weighted by atomic mass is 35.5. The molecule has 1 aromatic rings. The van der Waals surface area contributed by atoms with Crippen molar-refractivity contribution in [3.8, 4) is 0 Å². The van der Waals surface area contributed by atoms with Crippen molar-refractivity contribution in [2.45, 2.75) is 38.5 Å². The molecule has 0 saturated carbocycles. The van der Waals surface area contributed by atoms with Gasteiger partial charge < -0.3 is 10.2 Å². The summed E-state index contributed by atoms with van der Waals surface area (Å²) in [4.78, 5) is 26.0. The Balaban J connectivity index is 2.18. The Bertz CT molecular complexity index is 824. The van der Waals surface area contributed by atoms with Gasteiger partial charge in [0.25, 0.3) is 5.91 Å². The number of hydrogen-bond donors (Lipinski definition) is 1. The second-order valence-corrected chi connectivity index (χ2v) is 9.32. The number of rotatable bonds is 7. The Morgan fingerprint density at radius 1 is 1.29 bits per heavy atom. The molecule has 1 aliphatic heterocycles. The van der Waals surface area contributed by atoms with Gasteiger partial charge >= 0.3 is 0 Å². The molecule has 2 amide bonds. The van der Waals surface area contributed by atoms with Crippen LogP contribution in [-0.2, 0) is 14.8 Å². The molecule has 9 heteroatoms. The minimum atomic E-state index is -3.79. The average molecular weight is 430 g/mol. The van der Waals surface area contributed by atoms with Crippen molar-refractivity contribution in [3.63, 3.8) is 0 Å². The van der Waals surface area contributed by atoms with Gasteiger partial charge in [-0.15, -0.1) is 0 Å². The molecule has 2 rings (SSSR count). The van der Waals surface area contributed by atoms with E-state index in [0.29, 0.717) is 26.2 Å². The summed E-state index contributed by atoms with van der Waals surface area (Å²) < 4.78 is 27.4. The molecule has 7 nitrogen and oxygen atoms in total. The summed E-state index contributed by atoms with van der Waals surface area (Å²) in [6, 6.07) is 4.15. The molecule has 156 valence electrons. The highest BCUT2D eigenvalue weighted by Crippen LogP contribution is 2.29. The lowest BCUT2D eigenvalue weighted by Gasteiger charge is -2.30. The molecule has 0 spiro atoms. The number of halogens is 1. The second kappa shape index (κ2) is 9.71. The fourth-order valence-corrected chi connectivity index (χ4v) is 5.39. The van der Waals surface area contributed by atoms with Crippen molar-refractivity contribution in [2.75, 3.05) is 32.7 Å². The normalized spacial score (nSPS) is 17.9. The summed E-state index contributed by atoms with van der Waals surface area (Å²) >= 11 is 6.15. The van der Waals surface area contributed by atoms with Gasteiger partial charge in [-0.1, -0.05) is 18.5 Å². The lowest BCUT2D eigenvalue weighted by molar-refractivity contribution is -0.129. The van der Waals surface area contributed by atoms with Gasteiger partial charge in [-0.3, -0.25) is 9.59 Å². The van der Waals surface area contributed by atoms with Crippen molar-refractivity contribution in [3.05, 3.63) is 28.8 Å². The summed E-state index contributed by atoms with van der Waals surface area (Å²) in [5.41, 5.74) is 0.153. The van der Waals surface area contributed by atoms with Gasteiger partial charge in [0.2, 0.25) is 15.9 Å². The van der Waals surface area contributed by atoms with E-state index in [-0.39, 0.29) is 33.9 Å². The molecule has 1 unspecified atom stereocenters. The van der Waals surface area contributed by atoms with E-state index >= 15 is 0 Å². The van der Waals surface area contributed by atoms with Crippen LogP contribution in [0.4, 0.5) is 0 Å². The third-order valence-corrected chi connectivity index (χ3v) is 7.29. The summed E-state index contributed by atoms with van der Waals surface area (Å²) in [6.07, 6.45) is 1.79. The molecular formula is C19H28ClN3O4S. The number of amides is 2. The third-order valence-electron chi connectivity index (χ3n) is 4.95. The third kappa shape index (κ3) is 5.24. The van der Waals surface area contributed by atoms with Gasteiger partial charge in [0.1, 0.15) is 4.90 Å². The van der Waals surface area contributed by atoms with E-state index in [4.69, 9.17) is 11.6 Å². The molecule has 1 aliphatic rings. The zero-order chi connectivity index (χ0) is 20.9. The zero-order valence-corrected chi connectivity index (χ0v) is 18.1. The molecule has 0 radical (unpaired) electrons. The predicted octanol–water partition coefficient (Wildman–Crippen LogP) is 2.36. The standard InChI is InChI=1S/C19H28ClN3O4S/c1-4-22(5-2)18(24)12-21-19(25)15-8-9-16(20)17(11-15)28(26,27)23-10-6-7-14(3)13-23/h8-9,11,14H,4-7,10,12-13H2,1-3H3,(H,21,25). The number of hydrogen-bond acceptors (Lipinski definition) is 4. The molecule has 0 aromatic heterocycles. The summed E-state index contributed by atoms with van der Waals surface area (Å²) in [5, 5.41) is 2.63. The van der Waals surface area contributed by atoms with Crippen LogP contribution in [0.1, 0.15) is 44.0 Å². The maximum absolute atomic E-state index is 13.0. The molecular weight excluding hydrogens is 402 g/mol. The summed E-state index contributed by atoms with van der Waals surface area (Å²) in [6.45, 7) is 7.59. The Morgan fingerprint density at radius 3 is 2.57 bits per heavy atom. The number of carbonyl (C=O) groups is 2. The lowest BCUT2D eigenvalue weighted by Crippen LogP contribution is -2.40. The quantitative estimate of drug-likeness (QED) is 0.720. The van der Waals surface area contributed by atoms with E-state index in [1.54, 1.807) is 4.90 Å². The first kappa shape index (κ1) is 22.6. The van der Waals surface area contributed by atoms with Crippen LogP contribution >= 0.6 is 11.6 Å². The molecule has 1 N–H and O–H groups in total. The van der Waals surface area contributed by atoms with Crippen LogP contribution in [0.2, 0.25) is 5.02 Å². The van der Waals surface area contributed by atoms with Crippen LogP contribution in [0.5, 0.6) is 0 Å². The van der Waals surface area contributed by atoms with Gasteiger partial charge in [0, 0.05) is 31.7 Å². The maximum Gasteiger partial charge on any atom is 0.251 e. The summed E-state index contributed by atoms with van der Waals surface area (Å²) in [5.74, 6) is -0.428. The number of nitrogens with zero attached hydrogens (tertiary/aromatic N) is 2. The monoisotopic (exact) mass is 429 g/mol. The first-order chi connectivity index (χ1) is 13.2. The topological polar surface area (TPSA) is 86.8 Å². The molecule has 1 aromatic carbocycles. The highest BCUT2D eigenvalue weighted by Gasteiger charge is 2.31. The van der Waals surface area contributed by atoms with E-state index in [1.165, 1.54) is 22.5 Å². The second-order valence-electron chi connectivity index (χ2n) is 7.00. The Labute approximate surface area is 172 Å². The van der Waals surface area contributed by atoms with E-state index in [1.807, 2.05) is 20.8 Å². The number of piperidine rings is 1. The molecule has 1 heterocycles. The van der Waals surface area contributed by atoms with Crippen LogP contribution in [0.3, 0.4) is 0 Å². The zero-order valence-electron chi connectivity index (χ0n) is 16.6. The fraction of sp³-hybridized carbons (Fsp3) is 0.579. The van der Waals surface area contributed by atoms with Gasteiger partial charge in [-0.2, -0.15) is 4.31 Å². The van der Waals surface area contributed by atoms with Gasteiger partial charge in [0.05, 0.1) is 11.6 Å². The van der Waals surface area contributed by atoms with Crippen molar-refractivity contribution >= 4 is 33.4 Å². The van der Waals surface area contributed by atoms with Crippen LogP contribution in [0.25, 0.3) is 0 Å². The smallest absolute Gasteiger partial charge is 0.251 e. The summed E-state index contributed by atoms with van der Waals surface area (Å²) in [7, 11) is -3.79. The number of sulfonamides is 1. The minimum absolute atomic E-state index is 0.0778. The minimum Gasteiger partial charge on any atom is -0.343 e. The average Bonchev–Trinajstić information content (AvgIpc) is 2.67. The van der Waals surface area contributed by atoms with Gasteiger partial charge in [0.15, 0.2) is 0 Å². The van der Waals surface area contributed by atoms with Crippen molar-refractivity contribution in [1.29, 1.82) is 0 Å². The fourth-order valence-electron chi connectivity index (χ4n) is 3.29. The van der Waals surface area contributed by atoms with Crippen molar-refractivity contribution in [1.82, 2.24) is 14.5 Å². The largest absolute Gasteiger partial charge is 0.343 e. The van der Waals surface area contributed by atoms with Gasteiger partial charge in [-0.25, -0.2) is 8.42 Å². The lowest BCUT2D eigenvalue weighted by atomic mass is 10.0.